The van der Waals surface area contributed by atoms with Gasteiger partial charge in [-0.15, -0.1) is 0 Å². The average molecular weight is 884 g/mol. The number of unbranched alkanes of at least 4 members (excludes halogenated alkanes) is 27. The molecular weight excluding hydrogens is 787 g/mol. The SMILES string of the molecule is CCC/C=C/CC/C=C/CCCC(O)C(O)C(COC1OC(CO)C(O)C(O)C1O)NC(=O)C(O)CCCCCCCCCCCCCCCCCCCCCCCCCCC. The van der Waals surface area contributed by atoms with Gasteiger partial charge in [-0.2, -0.15) is 0 Å². The fourth-order valence-electron chi connectivity index (χ4n) is 8.23. The zero-order chi connectivity index (χ0) is 45.5. The van der Waals surface area contributed by atoms with E-state index in [1.807, 2.05) is 6.08 Å². The van der Waals surface area contributed by atoms with Gasteiger partial charge in [-0.3, -0.25) is 4.79 Å². The second-order valence-corrected chi connectivity index (χ2v) is 18.2. The van der Waals surface area contributed by atoms with E-state index in [0.29, 0.717) is 19.3 Å². The molecule has 8 N–H and O–H groups in total. The molecule has 0 bridgehead atoms. The molecule has 1 fully saturated rings. The Morgan fingerprint density at radius 1 is 0.548 bits per heavy atom. The Labute approximate surface area is 378 Å². The summed E-state index contributed by atoms with van der Waals surface area (Å²) in [6, 6.07) is -1.19. The van der Waals surface area contributed by atoms with Crippen molar-refractivity contribution in [2.24, 2.45) is 0 Å². The molecular formula is C51H97NO10. The summed E-state index contributed by atoms with van der Waals surface area (Å²) in [6.07, 6.45) is 35.5. The molecule has 0 radical (unpaired) electrons. The maximum absolute atomic E-state index is 13.1. The smallest absolute Gasteiger partial charge is 0.249 e. The third-order valence-electron chi connectivity index (χ3n) is 12.5. The van der Waals surface area contributed by atoms with Crippen molar-refractivity contribution in [3.8, 4) is 0 Å². The molecule has 1 amide bonds. The minimum Gasteiger partial charge on any atom is -0.394 e. The van der Waals surface area contributed by atoms with E-state index in [2.05, 4.69) is 37.4 Å². The van der Waals surface area contributed by atoms with Crippen molar-refractivity contribution in [3.05, 3.63) is 24.3 Å². The molecule has 1 rings (SSSR count). The number of ether oxygens (including phenoxy) is 2. The summed E-state index contributed by atoms with van der Waals surface area (Å²) in [4.78, 5) is 13.1. The van der Waals surface area contributed by atoms with Crippen LogP contribution >= 0.6 is 0 Å². The highest BCUT2D eigenvalue weighted by Crippen LogP contribution is 2.23. The molecule has 1 aliphatic heterocycles. The molecule has 0 aromatic heterocycles. The molecule has 1 aliphatic rings. The number of carbonyl (C=O) groups excluding carboxylic acids is 1. The number of aliphatic hydroxyl groups excluding tert-OH is 7. The topological polar surface area (TPSA) is 189 Å². The molecule has 9 unspecified atom stereocenters. The minimum atomic E-state index is -1.67. The fourth-order valence-corrected chi connectivity index (χ4v) is 8.23. The molecule has 0 aromatic carbocycles. The van der Waals surface area contributed by atoms with Crippen molar-refractivity contribution in [3.63, 3.8) is 0 Å². The number of allylic oxidation sites excluding steroid dienone is 4. The largest absolute Gasteiger partial charge is 0.394 e. The molecule has 62 heavy (non-hydrogen) atoms. The maximum Gasteiger partial charge on any atom is 0.249 e. The number of rotatable bonds is 43. The van der Waals surface area contributed by atoms with E-state index in [0.717, 1.165) is 44.9 Å². The Hall–Kier alpha value is -1.41. The third-order valence-corrected chi connectivity index (χ3v) is 12.5. The van der Waals surface area contributed by atoms with Gasteiger partial charge in [-0.05, 0) is 44.9 Å². The number of hydrogen-bond acceptors (Lipinski definition) is 10. The van der Waals surface area contributed by atoms with Gasteiger partial charge in [0.2, 0.25) is 5.91 Å². The first kappa shape index (κ1) is 58.6. The van der Waals surface area contributed by atoms with E-state index in [1.54, 1.807) is 0 Å². The van der Waals surface area contributed by atoms with Crippen LogP contribution in [0.15, 0.2) is 24.3 Å². The second-order valence-electron chi connectivity index (χ2n) is 18.2. The van der Waals surface area contributed by atoms with Crippen molar-refractivity contribution >= 4 is 5.91 Å². The summed E-state index contributed by atoms with van der Waals surface area (Å²) in [5.41, 5.74) is 0. The molecule has 0 aliphatic carbocycles. The number of aliphatic hydroxyl groups is 7. The van der Waals surface area contributed by atoms with Gasteiger partial charge in [0.25, 0.3) is 0 Å². The lowest BCUT2D eigenvalue weighted by Gasteiger charge is -2.40. The molecule has 366 valence electrons. The lowest BCUT2D eigenvalue weighted by Crippen LogP contribution is -2.60. The molecule has 0 saturated carbocycles. The Kier molecular flexibility index (Phi) is 38.8. The van der Waals surface area contributed by atoms with Crippen LogP contribution in [0.3, 0.4) is 0 Å². The van der Waals surface area contributed by atoms with E-state index >= 15 is 0 Å². The number of amides is 1. The number of nitrogens with one attached hydrogen (secondary N) is 1. The van der Waals surface area contributed by atoms with Gasteiger partial charge in [0.05, 0.1) is 25.4 Å². The molecule has 11 heteroatoms. The van der Waals surface area contributed by atoms with Crippen LogP contribution in [-0.2, 0) is 14.3 Å². The van der Waals surface area contributed by atoms with Gasteiger partial charge >= 0.3 is 0 Å². The van der Waals surface area contributed by atoms with Gasteiger partial charge < -0.3 is 50.5 Å². The second kappa shape index (κ2) is 41.1. The van der Waals surface area contributed by atoms with Crippen LogP contribution in [-0.4, -0.2) is 110 Å². The monoisotopic (exact) mass is 884 g/mol. The third kappa shape index (κ3) is 29.9. The average Bonchev–Trinajstić information content (AvgIpc) is 3.27. The highest BCUT2D eigenvalue weighted by molar-refractivity contribution is 5.80. The van der Waals surface area contributed by atoms with Crippen LogP contribution in [0.25, 0.3) is 0 Å². The molecule has 1 saturated heterocycles. The van der Waals surface area contributed by atoms with Crippen LogP contribution in [0.1, 0.15) is 226 Å². The first-order valence-electron chi connectivity index (χ1n) is 25.7. The zero-order valence-electron chi connectivity index (χ0n) is 39.6. The standard InChI is InChI=1S/C51H97NO10/c1-3-5-7-9-11-13-15-16-17-18-19-20-21-22-23-24-25-26-27-28-29-31-33-35-37-39-44(55)50(60)52-42(41-61-51-49(59)48(58)47(57)45(40-53)62-51)46(56)43(54)38-36-34-32-30-14-12-10-8-6-4-2/h8,10,30,32,42-49,51,53-59H,3-7,9,11-29,31,33-41H2,1-2H3,(H,52,60)/b10-8+,32-30+. The van der Waals surface area contributed by atoms with Crippen LogP contribution in [0.4, 0.5) is 0 Å². The first-order valence-corrected chi connectivity index (χ1v) is 25.7. The van der Waals surface area contributed by atoms with Gasteiger partial charge in [0, 0.05) is 0 Å². The van der Waals surface area contributed by atoms with Crippen molar-refractivity contribution in [2.45, 2.75) is 281 Å². The number of carbonyl (C=O) groups is 1. The van der Waals surface area contributed by atoms with Crippen LogP contribution in [0, 0.1) is 0 Å². The van der Waals surface area contributed by atoms with Crippen molar-refractivity contribution in [1.82, 2.24) is 5.32 Å². The molecule has 0 aromatic rings. The Morgan fingerprint density at radius 2 is 0.984 bits per heavy atom. The van der Waals surface area contributed by atoms with Gasteiger partial charge in [0.1, 0.15) is 36.6 Å². The summed E-state index contributed by atoms with van der Waals surface area (Å²) in [6.45, 7) is 3.35. The van der Waals surface area contributed by atoms with Gasteiger partial charge in [0.15, 0.2) is 6.29 Å². The van der Waals surface area contributed by atoms with Crippen LogP contribution < -0.4 is 5.32 Å². The summed E-state index contributed by atoms with van der Waals surface area (Å²) in [7, 11) is 0. The summed E-state index contributed by atoms with van der Waals surface area (Å²) >= 11 is 0. The van der Waals surface area contributed by atoms with Crippen molar-refractivity contribution in [1.29, 1.82) is 0 Å². The predicted octanol–water partition coefficient (Wildman–Crippen LogP) is 9.40. The molecule has 1 heterocycles. The first-order chi connectivity index (χ1) is 30.2. The Bertz CT molecular complexity index is 1060. The zero-order valence-corrected chi connectivity index (χ0v) is 39.6. The normalized spacial score (nSPS) is 21.5. The van der Waals surface area contributed by atoms with Crippen molar-refractivity contribution in [2.75, 3.05) is 13.2 Å². The Balaban J connectivity index is 2.28. The minimum absolute atomic E-state index is 0.246. The number of hydrogen-bond donors (Lipinski definition) is 8. The summed E-state index contributed by atoms with van der Waals surface area (Å²) < 4.78 is 11.1. The molecule has 9 atom stereocenters. The van der Waals surface area contributed by atoms with Gasteiger partial charge in [-0.1, -0.05) is 205 Å². The lowest BCUT2D eigenvalue weighted by molar-refractivity contribution is -0.303. The van der Waals surface area contributed by atoms with E-state index in [-0.39, 0.29) is 12.8 Å². The van der Waals surface area contributed by atoms with E-state index in [9.17, 15) is 40.5 Å². The van der Waals surface area contributed by atoms with Crippen LogP contribution in [0.5, 0.6) is 0 Å². The maximum atomic E-state index is 13.1. The van der Waals surface area contributed by atoms with E-state index in [1.165, 1.54) is 135 Å². The van der Waals surface area contributed by atoms with Crippen molar-refractivity contribution < 1.29 is 50.0 Å². The summed E-state index contributed by atoms with van der Waals surface area (Å²) in [5, 5.41) is 75.6. The lowest BCUT2D eigenvalue weighted by atomic mass is 9.98. The molecule has 11 nitrogen and oxygen atoms in total. The summed E-state index contributed by atoms with van der Waals surface area (Å²) in [5.74, 6) is -0.709. The predicted molar refractivity (Wildman–Crippen MR) is 252 cm³/mol. The Morgan fingerprint density at radius 3 is 1.44 bits per heavy atom. The fraction of sp³-hybridized carbons (Fsp3) is 0.902. The van der Waals surface area contributed by atoms with Crippen LogP contribution in [0.2, 0.25) is 0 Å². The van der Waals surface area contributed by atoms with E-state index < -0.39 is 74.2 Å². The van der Waals surface area contributed by atoms with E-state index in [4.69, 9.17) is 9.47 Å². The highest BCUT2D eigenvalue weighted by atomic mass is 16.7. The quantitative estimate of drug-likeness (QED) is 0.0216. The van der Waals surface area contributed by atoms with Gasteiger partial charge in [-0.25, -0.2) is 0 Å². The highest BCUT2D eigenvalue weighted by Gasteiger charge is 2.44. The molecule has 0 spiro atoms.